The number of ether oxygens (including phenoxy) is 1. The summed E-state index contributed by atoms with van der Waals surface area (Å²) in [5.41, 5.74) is 0.0521. The Morgan fingerprint density at radius 1 is 1.47 bits per heavy atom. The fraction of sp³-hybridized carbons (Fsp3) is 0.933. The lowest BCUT2D eigenvalue weighted by Gasteiger charge is -2.38. The van der Waals surface area contributed by atoms with Gasteiger partial charge in [-0.3, -0.25) is 4.79 Å². The number of carbonyl (C=O) groups excluding carboxylic acids is 1. The minimum atomic E-state index is -0.0576. The van der Waals surface area contributed by atoms with Crippen LogP contribution in [0.2, 0.25) is 0 Å². The van der Waals surface area contributed by atoms with Crippen molar-refractivity contribution in [1.82, 2.24) is 10.6 Å². The Bertz CT molecular complexity index is 277. The molecule has 0 radical (unpaired) electrons. The molecule has 0 aromatic heterocycles. The first-order chi connectivity index (χ1) is 8.93. The summed E-state index contributed by atoms with van der Waals surface area (Å²) in [5.74, 6) is 0.704. The van der Waals surface area contributed by atoms with Crippen LogP contribution in [-0.4, -0.2) is 38.3 Å². The van der Waals surface area contributed by atoms with E-state index < -0.39 is 0 Å². The highest BCUT2D eigenvalue weighted by Crippen LogP contribution is 2.29. The van der Waals surface area contributed by atoms with Crippen LogP contribution >= 0.6 is 0 Å². The monoisotopic (exact) mass is 270 g/mol. The molecule has 2 N–H and O–H groups in total. The fourth-order valence-corrected chi connectivity index (χ4v) is 2.47. The van der Waals surface area contributed by atoms with Gasteiger partial charge in [-0.1, -0.05) is 27.7 Å². The van der Waals surface area contributed by atoms with Crippen molar-refractivity contribution in [3.63, 3.8) is 0 Å². The molecule has 1 aliphatic heterocycles. The normalized spacial score (nSPS) is 22.5. The molecule has 1 amide bonds. The second-order valence-corrected chi connectivity index (χ2v) is 6.59. The predicted octanol–water partition coefficient (Wildman–Crippen LogP) is 1.94. The van der Waals surface area contributed by atoms with Crippen molar-refractivity contribution in [3.05, 3.63) is 0 Å². The summed E-state index contributed by atoms with van der Waals surface area (Å²) in [6, 6.07) is -0.0576. The van der Waals surface area contributed by atoms with Crippen LogP contribution in [0.5, 0.6) is 0 Å². The summed E-state index contributed by atoms with van der Waals surface area (Å²) < 4.78 is 5.50. The van der Waals surface area contributed by atoms with Gasteiger partial charge in [0.2, 0.25) is 5.91 Å². The van der Waals surface area contributed by atoms with E-state index in [1.54, 1.807) is 0 Å². The molecule has 1 heterocycles. The number of nitrogens with one attached hydrogen (secondary N) is 2. The molecule has 0 bridgehead atoms. The van der Waals surface area contributed by atoms with Crippen molar-refractivity contribution in [2.24, 2.45) is 11.3 Å². The molecule has 1 aliphatic rings. The van der Waals surface area contributed by atoms with Crippen LogP contribution in [0.15, 0.2) is 0 Å². The predicted molar refractivity (Wildman–Crippen MR) is 78.1 cm³/mol. The maximum absolute atomic E-state index is 12.1. The van der Waals surface area contributed by atoms with E-state index in [-0.39, 0.29) is 17.4 Å². The Hall–Kier alpha value is -0.610. The van der Waals surface area contributed by atoms with Crippen LogP contribution in [0.3, 0.4) is 0 Å². The maximum atomic E-state index is 12.1. The van der Waals surface area contributed by atoms with Gasteiger partial charge >= 0.3 is 0 Å². The fourth-order valence-electron chi connectivity index (χ4n) is 2.47. The SMILES string of the molecule is CC(C)COCCCNC(=O)C1NCCCC1(C)C. The average molecular weight is 270 g/mol. The van der Waals surface area contributed by atoms with Crippen LogP contribution in [0, 0.1) is 11.3 Å². The lowest BCUT2D eigenvalue weighted by atomic mass is 9.77. The molecule has 0 aromatic carbocycles. The van der Waals surface area contributed by atoms with Gasteiger partial charge in [-0.15, -0.1) is 0 Å². The Morgan fingerprint density at radius 3 is 2.84 bits per heavy atom. The summed E-state index contributed by atoms with van der Waals surface area (Å²) in [5, 5.41) is 6.35. The molecule has 1 rings (SSSR count). The summed E-state index contributed by atoms with van der Waals surface area (Å²) in [7, 11) is 0. The molecule has 1 fully saturated rings. The molecule has 112 valence electrons. The van der Waals surface area contributed by atoms with Gasteiger partial charge in [0.15, 0.2) is 0 Å². The average Bonchev–Trinajstić information content (AvgIpc) is 2.32. The first-order valence-electron chi connectivity index (χ1n) is 7.52. The Kier molecular flexibility index (Phi) is 6.80. The molecule has 1 atom stereocenters. The maximum Gasteiger partial charge on any atom is 0.237 e. The summed E-state index contributed by atoms with van der Waals surface area (Å²) in [6.45, 7) is 11.8. The van der Waals surface area contributed by atoms with Crippen LogP contribution < -0.4 is 10.6 Å². The summed E-state index contributed by atoms with van der Waals surface area (Å²) in [4.78, 5) is 12.1. The Labute approximate surface area is 117 Å². The van der Waals surface area contributed by atoms with Gasteiger partial charge in [0.1, 0.15) is 0 Å². The van der Waals surface area contributed by atoms with Crippen molar-refractivity contribution in [1.29, 1.82) is 0 Å². The number of hydrogen-bond donors (Lipinski definition) is 2. The van der Waals surface area contributed by atoms with E-state index >= 15 is 0 Å². The molecule has 0 saturated carbocycles. The first-order valence-corrected chi connectivity index (χ1v) is 7.52. The van der Waals surface area contributed by atoms with Crippen molar-refractivity contribution in [2.75, 3.05) is 26.3 Å². The molecule has 4 nitrogen and oxygen atoms in total. The van der Waals surface area contributed by atoms with E-state index in [0.717, 1.165) is 39.0 Å². The first kappa shape index (κ1) is 16.4. The van der Waals surface area contributed by atoms with E-state index in [2.05, 4.69) is 38.3 Å². The third-order valence-electron chi connectivity index (χ3n) is 3.61. The standard InChI is InChI=1S/C15H30N2O2/c1-12(2)11-19-10-6-9-17-14(18)13-15(3,4)7-5-8-16-13/h12-13,16H,5-11H2,1-4H3,(H,17,18). The molecule has 0 aromatic rings. The van der Waals surface area contributed by atoms with Crippen LogP contribution in [0.25, 0.3) is 0 Å². The van der Waals surface area contributed by atoms with Crippen LogP contribution in [0.1, 0.15) is 47.0 Å². The molecule has 0 spiro atoms. The molecular weight excluding hydrogens is 240 g/mol. The summed E-state index contributed by atoms with van der Waals surface area (Å²) >= 11 is 0. The molecule has 0 aliphatic carbocycles. The second kappa shape index (κ2) is 7.85. The van der Waals surface area contributed by atoms with Crippen molar-refractivity contribution in [3.8, 4) is 0 Å². The van der Waals surface area contributed by atoms with Crippen molar-refractivity contribution >= 4 is 5.91 Å². The minimum absolute atomic E-state index is 0.0521. The zero-order valence-electron chi connectivity index (χ0n) is 12.9. The van der Waals surface area contributed by atoms with Crippen LogP contribution in [-0.2, 0) is 9.53 Å². The van der Waals surface area contributed by atoms with Crippen LogP contribution in [0.4, 0.5) is 0 Å². The number of rotatable bonds is 7. The lowest BCUT2D eigenvalue weighted by molar-refractivity contribution is -0.126. The van der Waals surface area contributed by atoms with Gasteiger partial charge in [-0.2, -0.15) is 0 Å². The van der Waals surface area contributed by atoms with E-state index in [4.69, 9.17) is 4.74 Å². The van der Waals surface area contributed by atoms with E-state index in [1.165, 1.54) is 0 Å². The van der Waals surface area contributed by atoms with Gasteiger partial charge in [-0.05, 0) is 37.1 Å². The van der Waals surface area contributed by atoms with Gasteiger partial charge in [0.05, 0.1) is 6.04 Å². The molecule has 19 heavy (non-hydrogen) atoms. The van der Waals surface area contributed by atoms with Gasteiger partial charge in [0, 0.05) is 19.8 Å². The number of carbonyl (C=O) groups is 1. The van der Waals surface area contributed by atoms with Crippen molar-refractivity contribution < 1.29 is 9.53 Å². The smallest absolute Gasteiger partial charge is 0.237 e. The third kappa shape index (κ3) is 5.91. The third-order valence-corrected chi connectivity index (χ3v) is 3.61. The highest BCUT2D eigenvalue weighted by Gasteiger charge is 2.36. The van der Waals surface area contributed by atoms with E-state index in [9.17, 15) is 4.79 Å². The largest absolute Gasteiger partial charge is 0.381 e. The minimum Gasteiger partial charge on any atom is -0.381 e. The van der Waals surface area contributed by atoms with E-state index in [1.807, 2.05) is 0 Å². The Morgan fingerprint density at radius 2 is 2.21 bits per heavy atom. The number of piperidine rings is 1. The highest BCUT2D eigenvalue weighted by molar-refractivity contribution is 5.82. The highest BCUT2D eigenvalue weighted by atomic mass is 16.5. The van der Waals surface area contributed by atoms with E-state index in [0.29, 0.717) is 12.5 Å². The number of amides is 1. The zero-order valence-corrected chi connectivity index (χ0v) is 12.9. The van der Waals surface area contributed by atoms with Gasteiger partial charge in [0.25, 0.3) is 0 Å². The molecular formula is C15H30N2O2. The van der Waals surface area contributed by atoms with Crippen molar-refractivity contribution in [2.45, 2.75) is 53.0 Å². The lowest BCUT2D eigenvalue weighted by Crippen LogP contribution is -2.55. The zero-order chi connectivity index (χ0) is 14.3. The molecule has 4 heteroatoms. The quantitative estimate of drug-likeness (QED) is 0.695. The topological polar surface area (TPSA) is 50.4 Å². The Balaban J connectivity index is 2.16. The molecule has 1 saturated heterocycles. The molecule has 1 unspecified atom stereocenters. The second-order valence-electron chi connectivity index (χ2n) is 6.59. The number of hydrogen-bond acceptors (Lipinski definition) is 3. The van der Waals surface area contributed by atoms with Gasteiger partial charge < -0.3 is 15.4 Å². The summed E-state index contributed by atoms with van der Waals surface area (Å²) in [6.07, 6.45) is 3.14. The van der Waals surface area contributed by atoms with Gasteiger partial charge in [-0.25, -0.2) is 0 Å².